The molecule has 0 amide bonds. The summed E-state index contributed by atoms with van der Waals surface area (Å²) < 4.78 is 5.91. The average Bonchev–Trinajstić information content (AvgIpc) is 2.12. The molecule has 0 N–H and O–H groups in total. The topological polar surface area (TPSA) is 6.48 Å². The zero-order valence-electron chi connectivity index (χ0n) is 11.8. The predicted molar refractivity (Wildman–Crippen MR) is 77.2 cm³/mol. The highest BCUT2D eigenvalue weighted by atomic mass is 29.3. The van der Waals surface area contributed by atoms with E-state index in [0.717, 1.165) is 0 Å². The Kier molecular flexibility index (Phi) is 3.45. The van der Waals surface area contributed by atoms with Crippen LogP contribution in [-0.4, -0.2) is 45.5 Å². The van der Waals surface area contributed by atoms with Gasteiger partial charge in [0, 0.05) is 0 Å². The van der Waals surface area contributed by atoms with Gasteiger partial charge in [0.2, 0.25) is 0 Å². The van der Waals surface area contributed by atoms with Crippen LogP contribution in [0.15, 0.2) is 0 Å². The molecule has 0 radical (unpaired) electrons. The van der Waals surface area contributed by atoms with E-state index in [1.54, 1.807) is 0 Å². The van der Waals surface area contributed by atoms with Crippen molar-refractivity contribution in [2.45, 2.75) is 53.1 Å². The Morgan fingerprint density at radius 1 is 0.667 bits per heavy atom. The van der Waals surface area contributed by atoms with Gasteiger partial charge in [-0.2, -0.15) is 0 Å². The van der Waals surface area contributed by atoms with E-state index in [4.69, 9.17) is 0 Å². The van der Waals surface area contributed by atoms with Crippen molar-refractivity contribution in [2.75, 3.05) is 13.1 Å². The second-order valence-electron chi connectivity index (χ2n) is 6.10. The van der Waals surface area contributed by atoms with Crippen LogP contribution in [0.2, 0.25) is 39.3 Å². The van der Waals surface area contributed by atoms with Crippen molar-refractivity contribution in [1.29, 1.82) is 0 Å². The van der Waals surface area contributed by atoms with E-state index in [9.17, 15) is 0 Å². The first-order valence-electron chi connectivity index (χ1n) is 6.19. The third kappa shape index (κ3) is 1.63. The molecule has 0 spiro atoms. The summed E-state index contributed by atoms with van der Waals surface area (Å²) in [6.45, 7) is 22.8. The maximum atomic E-state index is 2.95. The van der Waals surface area contributed by atoms with Gasteiger partial charge in [0.1, 0.15) is 15.5 Å². The van der Waals surface area contributed by atoms with Crippen molar-refractivity contribution in [3.8, 4) is 0 Å². The molecular formula is C10H28N2Si3. The zero-order valence-corrected chi connectivity index (χ0v) is 14.8. The Morgan fingerprint density at radius 3 is 1.07 bits per heavy atom. The van der Waals surface area contributed by atoms with E-state index in [1.807, 2.05) is 0 Å². The van der Waals surface area contributed by atoms with Crippen molar-refractivity contribution in [2.24, 2.45) is 0 Å². The zero-order chi connectivity index (χ0) is 12.1. The first-order chi connectivity index (χ1) is 6.64. The normalized spacial score (nSPS) is 29.6. The third-order valence-electron chi connectivity index (χ3n) is 4.80. The highest BCUT2D eigenvalue weighted by Gasteiger charge is 2.63. The van der Waals surface area contributed by atoms with Gasteiger partial charge in [-0.15, -0.1) is 0 Å². The van der Waals surface area contributed by atoms with Gasteiger partial charge >= 0.3 is 0 Å². The summed E-state index contributed by atoms with van der Waals surface area (Å²) >= 11 is 0. The summed E-state index contributed by atoms with van der Waals surface area (Å²) in [5.74, 6) is 0. The van der Waals surface area contributed by atoms with Crippen LogP contribution in [0.1, 0.15) is 13.8 Å². The lowest BCUT2D eigenvalue weighted by atomic mass is 10.8. The van der Waals surface area contributed by atoms with Crippen LogP contribution in [0.3, 0.4) is 0 Å². The summed E-state index contributed by atoms with van der Waals surface area (Å²) in [5.41, 5.74) is 0. The molecule has 1 aliphatic rings. The van der Waals surface area contributed by atoms with Crippen molar-refractivity contribution in [3.05, 3.63) is 0 Å². The lowest BCUT2D eigenvalue weighted by molar-refractivity contribution is 0.575. The first kappa shape index (κ1) is 13.6. The second kappa shape index (κ2) is 3.80. The molecule has 2 nitrogen and oxygen atoms in total. The monoisotopic (exact) mass is 260 g/mol. The van der Waals surface area contributed by atoms with Gasteiger partial charge < -0.3 is 8.46 Å². The van der Waals surface area contributed by atoms with Crippen molar-refractivity contribution in [1.82, 2.24) is 8.46 Å². The quantitative estimate of drug-likeness (QED) is 0.705. The fraction of sp³-hybridized carbons (Fsp3) is 1.00. The van der Waals surface area contributed by atoms with E-state index in [1.165, 1.54) is 13.1 Å². The molecule has 0 saturated carbocycles. The summed E-state index contributed by atoms with van der Waals surface area (Å²) in [5, 5.41) is 0. The molecule has 90 valence electrons. The number of rotatable bonds is 2. The van der Waals surface area contributed by atoms with Gasteiger partial charge in [0.15, 0.2) is 8.40 Å². The fourth-order valence-electron chi connectivity index (χ4n) is 3.74. The summed E-state index contributed by atoms with van der Waals surface area (Å²) in [7, 11) is -3.59. The van der Waals surface area contributed by atoms with Crippen LogP contribution in [-0.2, 0) is 0 Å². The molecule has 5 heteroatoms. The largest absolute Gasteiger partial charge is 0.335 e. The van der Waals surface area contributed by atoms with Gasteiger partial charge in [0.05, 0.1) is 0 Å². The molecule has 0 aromatic heterocycles. The van der Waals surface area contributed by atoms with Crippen molar-refractivity contribution in [3.63, 3.8) is 0 Å². The second-order valence-corrected chi connectivity index (χ2v) is 25.7. The van der Waals surface area contributed by atoms with Gasteiger partial charge in [-0.25, -0.2) is 0 Å². The SMILES string of the molecule is CCN1[Si](C)(C)N(CC)[Si](C)(C)[Si]1(C)C. The maximum Gasteiger partial charge on any atom is 0.186 e. The molecule has 15 heavy (non-hydrogen) atoms. The minimum absolute atomic E-state index is 1.16. The summed E-state index contributed by atoms with van der Waals surface area (Å²) in [6.07, 6.45) is 0. The fourth-order valence-corrected chi connectivity index (χ4v) is 35.2. The van der Waals surface area contributed by atoms with E-state index < -0.39 is 23.9 Å². The molecule has 0 aromatic carbocycles. The molecule has 1 heterocycles. The van der Waals surface area contributed by atoms with E-state index in [-0.39, 0.29) is 0 Å². The molecular weight excluding hydrogens is 232 g/mol. The van der Waals surface area contributed by atoms with Crippen LogP contribution in [0.25, 0.3) is 0 Å². The summed E-state index contributed by atoms with van der Waals surface area (Å²) in [6, 6.07) is 0. The van der Waals surface area contributed by atoms with E-state index in [2.05, 4.69) is 61.6 Å². The Morgan fingerprint density at radius 2 is 0.933 bits per heavy atom. The van der Waals surface area contributed by atoms with Crippen LogP contribution in [0, 0.1) is 0 Å². The summed E-state index contributed by atoms with van der Waals surface area (Å²) in [4.78, 5) is 0. The lowest BCUT2D eigenvalue weighted by Gasteiger charge is -2.39. The molecule has 1 rings (SSSR count). The first-order valence-corrected chi connectivity index (χ1v) is 16.0. The van der Waals surface area contributed by atoms with Crippen molar-refractivity contribution < 1.29 is 0 Å². The minimum Gasteiger partial charge on any atom is -0.335 e. The molecule has 0 atom stereocenters. The van der Waals surface area contributed by atoms with E-state index in [0.29, 0.717) is 0 Å². The highest BCUT2D eigenvalue weighted by Crippen LogP contribution is 2.40. The molecule has 1 fully saturated rings. The Labute approximate surface area is 98.8 Å². The number of hydrogen-bond acceptors (Lipinski definition) is 2. The highest BCUT2D eigenvalue weighted by molar-refractivity contribution is 7.44. The smallest absolute Gasteiger partial charge is 0.186 e. The predicted octanol–water partition coefficient (Wildman–Crippen LogP) is 2.83. The Balaban J connectivity index is 3.25. The molecule has 0 aliphatic carbocycles. The van der Waals surface area contributed by atoms with Gasteiger partial charge in [0.25, 0.3) is 0 Å². The van der Waals surface area contributed by atoms with Crippen LogP contribution >= 0.6 is 0 Å². The average molecular weight is 261 g/mol. The third-order valence-corrected chi connectivity index (χ3v) is 33.0. The van der Waals surface area contributed by atoms with Crippen LogP contribution in [0.4, 0.5) is 0 Å². The van der Waals surface area contributed by atoms with Gasteiger partial charge in [-0.05, 0) is 26.2 Å². The molecule has 0 aromatic rings. The molecule has 0 bridgehead atoms. The van der Waals surface area contributed by atoms with Crippen LogP contribution in [0.5, 0.6) is 0 Å². The molecule has 0 unspecified atom stereocenters. The van der Waals surface area contributed by atoms with Gasteiger partial charge in [-0.3, -0.25) is 0 Å². The molecule has 1 saturated heterocycles. The number of hydrogen-bond donors (Lipinski definition) is 0. The Hall–Kier alpha value is 0.571. The van der Waals surface area contributed by atoms with Crippen LogP contribution < -0.4 is 0 Å². The maximum absolute atomic E-state index is 2.95. The standard InChI is InChI=1S/C10H28N2Si3/c1-9-11-13(3,4)12(10-2)15(7,8)14(11,5)6/h9-10H2,1-8H3. The minimum atomic E-state index is -1.28. The van der Waals surface area contributed by atoms with E-state index >= 15 is 0 Å². The van der Waals surface area contributed by atoms with Gasteiger partial charge in [-0.1, -0.05) is 40.0 Å². The lowest BCUT2D eigenvalue weighted by Crippen LogP contribution is -2.63. The number of nitrogens with zero attached hydrogens (tertiary/aromatic N) is 2. The molecule has 1 aliphatic heterocycles. The van der Waals surface area contributed by atoms with Crippen molar-refractivity contribution >= 4 is 23.9 Å². The Bertz CT molecular complexity index is 227.